The SMILES string of the molecule is O=C(Cl)c1ccc(-c2ccccc2C(F)(F)F)c([N+](=O)[O-])c1[N+](=O)[O-]. The third kappa shape index (κ3) is 3.43. The molecule has 0 aromatic heterocycles. The lowest BCUT2D eigenvalue weighted by Gasteiger charge is -2.13. The van der Waals surface area contributed by atoms with Gasteiger partial charge in [0.05, 0.1) is 21.0 Å². The van der Waals surface area contributed by atoms with Gasteiger partial charge in [-0.2, -0.15) is 13.2 Å². The van der Waals surface area contributed by atoms with E-state index in [0.717, 1.165) is 24.3 Å². The second-order valence-electron chi connectivity index (χ2n) is 4.69. The molecule has 130 valence electrons. The molecule has 0 fully saturated rings. The van der Waals surface area contributed by atoms with Crippen molar-refractivity contribution in [3.05, 3.63) is 67.8 Å². The molecule has 2 aromatic rings. The number of carbonyl (C=O) groups is 1. The van der Waals surface area contributed by atoms with E-state index in [1.54, 1.807) is 0 Å². The van der Waals surface area contributed by atoms with Crippen molar-refractivity contribution in [2.75, 3.05) is 0 Å². The smallest absolute Gasteiger partial charge is 0.275 e. The lowest BCUT2D eigenvalue weighted by Crippen LogP contribution is -2.09. The summed E-state index contributed by atoms with van der Waals surface area (Å²) in [5, 5.41) is 21.2. The van der Waals surface area contributed by atoms with Crippen LogP contribution in [0.3, 0.4) is 0 Å². The van der Waals surface area contributed by atoms with Crippen LogP contribution in [0.25, 0.3) is 11.1 Å². The van der Waals surface area contributed by atoms with Crippen LogP contribution in [0.5, 0.6) is 0 Å². The summed E-state index contributed by atoms with van der Waals surface area (Å²) in [5.74, 6) is 0. The Labute approximate surface area is 141 Å². The highest BCUT2D eigenvalue weighted by Gasteiger charge is 2.39. The van der Waals surface area contributed by atoms with Gasteiger partial charge in [-0.15, -0.1) is 0 Å². The second kappa shape index (κ2) is 6.48. The molecule has 11 heteroatoms. The van der Waals surface area contributed by atoms with E-state index in [0.29, 0.717) is 6.07 Å². The van der Waals surface area contributed by atoms with Gasteiger partial charge < -0.3 is 0 Å². The van der Waals surface area contributed by atoms with Crippen LogP contribution in [0.2, 0.25) is 0 Å². The first-order valence-electron chi connectivity index (χ1n) is 6.38. The van der Waals surface area contributed by atoms with E-state index in [2.05, 4.69) is 0 Å². The molecule has 0 heterocycles. The Bertz CT molecular complexity index is 899. The molecule has 0 atom stereocenters. The van der Waals surface area contributed by atoms with Gasteiger partial charge in [-0.05, 0) is 29.8 Å². The summed E-state index contributed by atoms with van der Waals surface area (Å²) in [4.78, 5) is 31.3. The van der Waals surface area contributed by atoms with E-state index in [4.69, 9.17) is 11.6 Å². The van der Waals surface area contributed by atoms with E-state index >= 15 is 0 Å². The summed E-state index contributed by atoms with van der Waals surface area (Å²) in [6.07, 6.45) is -4.85. The summed E-state index contributed by atoms with van der Waals surface area (Å²) in [6, 6.07) is 5.50. The molecule has 25 heavy (non-hydrogen) atoms. The van der Waals surface area contributed by atoms with Crippen LogP contribution < -0.4 is 0 Å². The lowest BCUT2D eigenvalue weighted by atomic mass is 9.95. The normalized spacial score (nSPS) is 11.2. The average molecular weight is 375 g/mol. The Morgan fingerprint density at radius 3 is 1.96 bits per heavy atom. The number of alkyl halides is 3. The molecule has 0 saturated carbocycles. The van der Waals surface area contributed by atoms with E-state index in [1.165, 1.54) is 6.07 Å². The summed E-state index contributed by atoms with van der Waals surface area (Å²) < 4.78 is 39.5. The number of carbonyl (C=O) groups excluding carboxylic acids is 1. The molecule has 0 radical (unpaired) electrons. The monoisotopic (exact) mass is 374 g/mol. The minimum absolute atomic E-state index is 0.627. The highest BCUT2D eigenvalue weighted by Crippen LogP contribution is 2.44. The van der Waals surface area contributed by atoms with Crippen molar-refractivity contribution in [2.24, 2.45) is 0 Å². The van der Waals surface area contributed by atoms with Crippen LogP contribution in [0.1, 0.15) is 15.9 Å². The lowest BCUT2D eigenvalue weighted by molar-refractivity contribution is -0.422. The van der Waals surface area contributed by atoms with Crippen LogP contribution in [0.4, 0.5) is 24.5 Å². The molecule has 0 unspecified atom stereocenters. The maximum absolute atomic E-state index is 13.2. The third-order valence-corrected chi connectivity index (χ3v) is 3.45. The van der Waals surface area contributed by atoms with Crippen LogP contribution in [-0.2, 0) is 6.18 Å². The zero-order chi connectivity index (χ0) is 18.9. The van der Waals surface area contributed by atoms with Gasteiger partial charge >= 0.3 is 17.6 Å². The molecule has 7 nitrogen and oxygen atoms in total. The molecule has 2 aromatic carbocycles. The molecule has 0 bridgehead atoms. The molecule has 0 aliphatic rings. The Morgan fingerprint density at radius 2 is 1.48 bits per heavy atom. The van der Waals surface area contributed by atoms with Gasteiger partial charge in [-0.1, -0.05) is 18.2 Å². The van der Waals surface area contributed by atoms with Crippen LogP contribution >= 0.6 is 11.6 Å². The maximum Gasteiger partial charge on any atom is 0.417 e. The third-order valence-electron chi connectivity index (χ3n) is 3.25. The van der Waals surface area contributed by atoms with Crippen molar-refractivity contribution in [2.45, 2.75) is 6.18 Å². The van der Waals surface area contributed by atoms with Crippen LogP contribution in [0.15, 0.2) is 36.4 Å². The average Bonchev–Trinajstić information content (AvgIpc) is 2.52. The standard InChI is InChI=1S/C14H6ClF3N2O5/c15-13(21)9-6-5-8(11(19(22)23)12(9)20(24)25)7-3-1-2-4-10(7)14(16,17)18/h1-6H. The molecular formula is C14H6ClF3N2O5. The van der Waals surface area contributed by atoms with Crippen molar-refractivity contribution in [1.29, 1.82) is 0 Å². The van der Waals surface area contributed by atoms with E-state index in [-0.39, 0.29) is 0 Å². The highest BCUT2D eigenvalue weighted by atomic mass is 35.5. The number of hydrogen-bond acceptors (Lipinski definition) is 5. The maximum atomic E-state index is 13.2. The number of benzene rings is 2. The first kappa shape index (κ1) is 18.3. The number of hydrogen-bond donors (Lipinski definition) is 0. The summed E-state index contributed by atoms with van der Waals surface area (Å²) >= 11 is 5.19. The zero-order valence-electron chi connectivity index (χ0n) is 11.9. The summed E-state index contributed by atoms with van der Waals surface area (Å²) in [6.45, 7) is 0. The molecule has 0 spiro atoms. The van der Waals surface area contributed by atoms with Gasteiger partial charge in [0.15, 0.2) is 0 Å². The first-order valence-corrected chi connectivity index (χ1v) is 6.75. The molecule has 2 rings (SSSR count). The van der Waals surface area contributed by atoms with Crippen molar-refractivity contribution < 1.29 is 27.8 Å². The van der Waals surface area contributed by atoms with Crippen molar-refractivity contribution in [1.82, 2.24) is 0 Å². The van der Waals surface area contributed by atoms with Crippen molar-refractivity contribution in [3.63, 3.8) is 0 Å². The molecule has 0 amide bonds. The predicted octanol–water partition coefficient (Wildman–Crippen LogP) is 4.57. The number of nitro benzene ring substituents is 2. The van der Waals surface area contributed by atoms with Gasteiger partial charge in [-0.3, -0.25) is 25.0 Å². The number of nitrogens with zero attached hydrogens (tertiary/aromatic N) is 2. The minimum Gasteiger partial charge on any atom is -0.275 e. The van der Waals surface area contributed by atoms with Gasteiger partial charge in [0.25, 0.3) is 5.24 Å². The van der Waals surface area contributed by atoms with Gasteiger partial charge in [0, 0.05) is 5.56 Å². The Balaban J connectivity index is 2.95. The van der Waals surface area contributed by atoms with Crippen LogP contribution in [0, 0.1) is 20.2 Å². The Hall–Kier alpha value is -3.01. The van der Waals surface area contributed by atoms with Gasteiger partial charge in [0.2, 0.25) is 0 Å². The first-order chi connectivity index (χ1) is 11.6. The minimum atomic E-state index is -4.85. The van der Waals surface area contributed by atoms with Gasteiger partial charge in [-0.25, -0.2) is 0 Å². The molecule has 0 saturated heterocycles. The summed E-state index contributed by atoms with van der Waals surface area (Å²) in [5.41, 5.74) is -5.78. The van der Waals surface area contributed by atoms with E-state index < -0.39 is 54.9 Å². The van der Waals surface area contributed by atoms with Crippen molar-refractivity contribution >= 4 is 28.2 Å². The Morgan fingerprint density at radius 1 is 0.920 bits per heavy atom. The summed E-state index contributed by atoms with van der Waals surface area (Å²) in [7, 11) is 0. The quantitative estimate of drug-likeness (QED) is 0.443. The topological polar surface area (TPSA) is 103 Å². The van der Waals surface area contributed by atoms with E-state index in [9.17, 15) is 38.2 Å². The fourth-order valence-electron chi connectivity index (χ4n) is 2.29. The highest BCUT2D eigenvalue weighted by molar-refractivity contribution is 6.68. The van der Waals surface area contributed by atoms with Crippen molar-refractivity contribution in [3.8, 4) is 11.1 Å². The fraction of sp³-hybridized carbons (Fsp3) is 0.0714. The molecule has 0 aliphatic carbocycles. The van der Waals surface area contributed by atoms with Gasteiger partial charge in [0.1, 0.15) is 5.56 Å². The zero-order valence-corrected chi connectivity index (χ0v) is 12.7. The van der Waals surface area contributed by atoms with Crippen LogP contribution in [-0.4, -0.2) is 15.1 Å². The van der Waals surface area contributed by atoms with E-state index in [1.807, 2.05) is 0 Å². The second-order valence-corrected chi connectivity index (χ2v) is 5.03. The molecular weight excluding hydrogens is 369 g/mol. The largest absolute Gasteiger partial charge is 0.417 e. The Kier molecular flexibility index (Phi) is 4.75. The number of rotatable bonds is 4. The number of halogens is 4. The predicted molar refractivity (Wildman–Crippen MR) is 80.4 cm³/mol. The molecule has 0 aliphatic heterocycles. The fourth-order valence-corrected chi connectivity index (χ4v) is 2.44. The molecule has 0 N–H and O–H groups in total. The number of nitro groups is 2.